The Hall–Kier alpha value is -3.98. The van der Waals surface area contributed by atoms with Crippen molar-refractivity contribution in [2.24, 2.45) is 5.10 Å². The van der Waals surface area contributed by atoms with Crippen molar-refractivity contribution >= 4 is 23.9 Å². The van der Waals surface area contributed by atoms with Gasteiger partial charge in [0.2, 0.25) is 0 Å². The number of carbonyl (C=O) groups excluding carboxylic acids is 1. The molecular formula is C23H20N6O2S. The summed E-state index contributed by atoms with van der Waals surface area (Å²) in [5.74, 6) is 1.33. The van der Waals surface area contributed by atoms with Gasteiger partial charge >= 0.3 is 0 Å². The average molecular weight is 445 g/mol. The minimum absolute atomic E-state index is 0.137. The van der Waals surface area contributed by atoms with Crippen LogP contribution in [0.3, 0.4) is 0 Å². The van der Waals surface area contributed by atoms with Crippen LogP contribution >= 0.6 is 11.8 Å². The van der Waals surface area contributed by atoms with Gasteiger partial charge < -0.3 is 4.74 Å². The zero-order valence-corrected chi connectivity index (χ0v) is 18.1. The third-order valence-corrected chi connectivity index (χ3v) is 5.34. The van der Waals surface area contributed by atoms with Gasteiger partial charge in [-0.2, -0.15) is 5.10 Å². The van der Waals surface area contributed by atoms with E-state index >= 15 is 0 Å². The number of aromatic nitrogens is 4. The molecule has 0 aliphatic heterocycles. The van der Waals surface area contributed by atoms with Gasteiger partial charge in [-0.1, -0.05) is 36.0 Å². The molecule has 2 heterocycles. The van der Waals surface area contributed by atoms with E-state index in [4.69, 9.17) is 4.74 Å². The van der Waals surface area contributed by atoms with E-state index in [-0.39, 0.29) is 11.7 Å². The molecule has 4 rings (SSSR count). The molecule has 0 radical (unpaired) electrons. The summed E-state index contributed by atoms with van der Waals surface area (Å²) in [6.07, 6.45) is 4.88. The van der Waals surface area contributed by atoms with Crippen LogP contribution in [0, 0.1) is 0 Å². The molecule has 4 aromatic rings. The van der Waals surface area contributed by atoms with Crippen LogP contribution in [0.4, 0.5) is 0 Å². The van der Waals surface area contributed by atoms with Gasteiger partial charge in [-0.3, -0.25) is 14.3 Å². The first-order chi connectivity index (χ1) is 15.7. The molecule has 8 nitrogen and oxygen atoms in total. The van der Waals surface area contributed by atoms with E-state index in [0.717, 1.165) is 22.6 Å². The van der Waals surface area contributed by atoms with Crippen LogP contribution in [0.1, 0.15) is 5.56 Å². The SMILES string of the molecule is COc1ccc(-c2nnc(SCC(=O)N/N=C/c3cccnc3)n2-c2ccccc2)cc1. The number of methoxy groups -OCH3 is 1. The van der Waals surface area contributed by atoms with Crippen molar-refractivity contribution in [3.8, 4) is 22.8 Å². The summed E-state index contributed by atoms with van der Waals surface area (Å²) in [6.45, 7) is 0. The van der Waals surface area contributed by atoms with Gasteiger partial charge in [-0.25, -0.2) is 5.43 Å². The smallest absolute Gasteiger partial charge is 0.250 e. The Bertz CT molecular complexity index is 1190. The fourth-order valence-electron chi connectivity index (χ4n) is 2.89. The second kappa shape index (κ2) is 10.4. The van der Waals surface area contributed by atoms with Crippen molar-refractivity contribution in [2.75, 3.05) is 12.9 Å². The lowest BCUT2D eigenvalue weighted by Crippen LogP contribution is -2.20. The van der Waals surface area contributed by atoms with Gasteiger partial charge in [0.05, 0.1) is 19.1 Å². The Labute approximate surface area is 189 Å². The van der Waals surface area contributed by atoms with Crippen LogP contribution in [-0.4, -0.2) is 44.7 Å². The van der Waals surface area contributed by atoms with Gasteiger partial charge in [0.15, 0.2) is 11.0 Å². The van der Waals surface area contributed by atoms with Crippen LogP contribution in [0.2, 0.25) is 0 Å². The van der Waals surface area contributed by atoms with E-state index in [1.165, 1.54) is 11.8 Å². The molecule has 0 aliphatic carbocycles. The largest absolute Gasteiger partial charge is 0.497 e. The summed E-state index contributed by atoms with van der Waals surface area (Å²) in [4.78, 5) is 16.3. The molecule has 1 amide bonds. The number of nitrogens with zero attached hydrogens (tertiary/aromatic N) is 5. The highest BCUT2D eigenvalue weighted by molar-refractivity contribution is 7.99. The Morgan fingerprint density at radius 2 is 1.91 bits per heavy atom. The number of carbonyl (C=O) groups is 1. The van der Waals surface area contributed by atoms with E-state index < -0.39 is 0 Å². The molecule has 0 unspecified atom stereocenters. The second-order valence-electron chi connectivity index (χ2n) is 6.57. The number of amides is 1. The summed E-state index contributed by atoms with van der Waals surface area (Å²) < 4.78 is 7.17. The van der Waals surface area contributed by atoms with Crippen LogP contribution in [0.15, 0.2) is 89.4 Å². The molecule has 2 aromatic heterocycles. The van der Waals surface area contributed by atoms with Crippen LogP contribution in [0.5, 0.6) is 5.75 Å². The lowest BCUT2D eigenvalue weighted by Gasteiger charge is -2.10. The van der Waals surface area contributed by atoms with Crippen LogP contribution < -0.4 is 10.2 Å². The zero-order chi connectivity index (χ0) is 22.2. The summed E-state index contributed by atoms with van der Waals surface area (Å²) in [6, 6.07) is 21.0. The molecule has 32 heavy (non-hydrogen) atoms. The number of hydrogen-bond acceptors (Lipinski definition) is 7. The predicted octanol–water partition coefficient (Wildman–Crippen LogP) is 3.58. The van der Waals surface area contributed by atoms with Gasteiger partial charge in [-0.05, 0) is 42.5 Å². The van der Waals surface area contributed by atoms with Gasteiger partial charge in [0.1, 0.15) is 5.75 Å². The molecule has 0 atom stereocenters. The van der Waals surface area contributed by atoms with Crippen LogP contribution in [-0.2, 0) is 4.79 Å². The molecule has 160 valence electrons. The zero-order valence-electron chi connectivity index (χ0n) is 17.3. The number of benzene rings is 2. The van der Waals surface area contributed by atoms with Gasteiger partial charge in [0, 0.05) is 29.2 Å². The van der Waals surface area contributed by atoms with Gasteiger partial charge in [0.25, 0.3) is 5.91 Å². The molecule has 0 fully saturated rings. The first-order valence-corrected chi connectivity index (χ1v) is 10.7. The molecular weight excluding hydrogens is 424 g/mol. The maximum absolute atomic E-state index is 12.3. The average Bonchev–Trinajstić information content (AvgIpc) is 3.28. The highest BCUT2D eigenvalue weighted by atomic mass is 32.2. The van der Waals surface area contributed by atoms with Crippen molar-refractivity contribution in [3.63, 3.8) is 0 Å². The van der Waals surface area contributed by atoms with Crippen molar-refractivity contribution in [3.05, 3.63) is 84.7 Å². The highest BCUT2D eigenvalue weighted by Gasteiger charge is 2.17. The highest BCUT2D eigenvalue weighted by Crippen LogP contribution is 2.28. The minimum Gasteiger partial charge on any atom is -0.497 e. The predicted molar refractivity (Wildman–Crippen MR) is 124 cm³/mol. The van der Waals surface area contributed by atoms with E-state index in [9.17, 15) is 4.79 Å². The fourth-order valence-corrected chi connectivity index (χ4v) is 3.64. The maximum Gasteiger partial charge on any atom is 0.250 e. The molecule has 9 heteroatoms. The van der Waals surface area contributed by atoms with E-state index in [1.54, 1.807) is 31.8 Å². The first kappa shape index (κ1) is 21.3. The number of pyridine rings is 1. The third kappa shape index (κ3) is 5.19. The number of ether oxygens (including phenoxy) is 1. The first-order valence-electron chi connectivity index (χ1n) is 9.74. The molecule has 0 bridgehead atoms. The monoisotopic (exact) mass is 444 g/mol. The van der Waals surface area contributed by atoms with E-state index in [1.807, 2.05) is 65.2 Å². The van der Waals surface area contributed by atoms with E-state index in [2.05, 4.69) is 25.7 Å². The fraction of sp³-hybridized carbons (Fsp3) is 0.0870. The summed E-state index contributed by atoms with van der Waals surface area (Å²) in [5, 5.41) is 13.3. The molecule has 0 saturated carbocycles. The molecule has 0 spiro atoms. The third-order valence-electron chi connectivity index (χ3n) is 4.42. The Morgan fingerprint density at radius 1 is 1.09 bits per heavy atom. The summed E-state index contributed by atoms with van der Waals surface area (Å²) in [7, 11) is 1.63. The van der Waals surface area contributed by atoms with Crippen molar-refractivity contribution in [1.29, 1.82) is 0 Å². The summed E-state index contributed by atoms with van der Waals surface area (Å²) in [5.41, 5.74) is 5.11. The lowest BCUT2D eigenvalue weighted by atomic mass is 10.2. The molecule has 1 N–H and O–H groups in total. The Kier molecular flexibility index (Phi) is 6.88. The standard InChI is InChI=1S/C23H20N6O2S/c1-31-20-11-9-18(10-12-20)22-27-28-23(29(22)19-7-3-2-4-8-19)32-16-21(30)26-25-15-17-6-5-13-24-14-17/h2-15H,16H2,1H3,(H,26,30)/b25-15+. The number of rotatable bonds is 8. The van der Waals surface area contributed by atoms with Crippen molar-refractivity contribution in [1.82, 2.24) is 25.2 Å². The van der Waals surface area contributed by atoms with E-state index in [0.29, 0.717) is 11.0 Å². The molecule has 0 saturated heterocycles. The van der Waals surface area contributed by atoms with Crippen LogP contribution in [0.25, 0.3) is 17.1 Å². The Balaban J connectivity index is 1.51. The summed E-state index contributed by atoms with van der Waals surface area (Å²) >= 11 is 1.29. The quantitative estimate of drug-likeness (QED) is 0.254. The topological polar surface area (TPSA) is 94.3 Å². The number of para-hydroxylation sites is 1. The number of thioether (sulfide) groups is 1. The van der Waals surface area contributed by atoms with Crippen molar-refractivity contribution in [2.45, 2.75) is 5.16 Å². The minimum atomic E-state index is -0.247. The lowest BCUT2D eigenvalue weighted by molar-refractivity contribution is -0.118. The second-order valence-corrected chi connectivity index (χ2v) is 7.52. The number of nitrogens with one attached hydrogen (secondary N) is 1. The Morgan fingerprint density at radius 3 is 2.62 bits per heavy atom. The number of hydrogen-bond donors (Lipinski definition) is 1. The van der Waals surface area contributed by atoms with Gasteiger partial charge in [-0.15, -0.1) is 10.2 Å². The molecule has 2 aromatic carbocycles. The normalized spacial score (nSPS) is 10.9. The van der Waals surface area contributed by atoms with Crippen molar-refractivity contribution < 1.29 is 9.53 Å². The maximum atomic E-state index is 12.3. The number of hydrazone groups is 1. The molecule has 0 aliphatic rings.